The normalized spacial score (nSPS) is 11.2. The van der Waals surface area contributed by atoms with E-state index in [2.05, 4.69) is 5.48 Å². The molecule has 4 aromatic rings. The molecular weight excluding hydrogens is 421 g/mol. The van der Waals surface area contributed by atoms with Crippen LogP contribution in [-0.2, 0) is 15.2 Å². The molecule has 1 N–H and O–H groups in total. The number of rotatable bonds is 8. The van der Waals surface area contributed by atoms with Crippen molar-refractivity contribution in [3.8, 4) is 0 Å². The van der Waals surface area contributed by atoms with Gasteiger partial charge < -0.3 is 0 Å². The topological polar surface area (TPSA) is 38.3 Å². The molecule has 0 saturated heterocycles. The third kappa shape index (κ3) is 4.90. The van der Waals surface area contributed by atoms with Crippen LogP contribution in [0.2, 0.25) is 0 Å². The fraction of sp³-hybridized carbons (Fsp3) is 0.0741. The number of thioether (sulfide) groups is 1. The van der Waals surface area contributed by atoms with E-state index in [1.54, 1.807) is 12.1 Å². The summed E-state index contributed by atoms with van der Waals surface area (Å²) in [5.74, 6) is -0.452. The first-order chi connectivity index (χ1) is 15.7. The Morgan fingerprint density at radius 2 is 1.16 bits per heavy atom. The fourth-order valence-corrected chi connectivity index (χ4v) is 4.22. The van der Waals surface area contributed by atoms with E-state index in [1.165, 1.54) is 23.9 Å². The zero-order valence-electron chi connectivity index (χ0n) is 17.3. The number of hydroxylamine groups is 1. The molecule has 0 saturated carbocycles. The zero-order valence-corrected chi connectivity index (χ0v) is 18.1. The number of hydrogen-bond donors (Lipinski definition) is 1. The molecule has 0 aliphatic rings. The second-order valence-electron chi connectivity index (χ2n) is 7.15. The Kier molecular flexibility index (Phi) is 7.00. The van der Waals surface area contributed by atoms with Crippen LogP contribution >= 0.6 is 11.8 Å². The van der Waals surface area contributed by atoms with Crippen LogP contribution < -0.4 is 5.48 Å². The maximum Gasteiger partial charge on any atom is 0.253 e. The summed E-state index contributed by atoms with van der Waals surface area (Å²) in [5, 5.41) is 0. The molecule has 0 fully saturated rings. The van der Waals surface area contributed by atoms with Crippen LogP contribution in [0.1, 0.15) is 16.7 Å². The van der Waals surface area contributed by atoms with Crippen molar-refractivity contribution in [2.75, 3.05) is 5.75 Å². The number of carbonyl (C=O) groups excluding carboxylic acids is 1. The Morgan fingerprint density at radius 1 is 0.719 bits per heavy atom. The minimum absolute atomic E-state index is 0.139. The van der Waals surface area contributed by atoms with Gasteiger partial charge in [-0.1, -0.05) is 91.0 Å². The second-order valence-corrected chi connectivity index (χ2v) is 8.20. The molecule has 32 heavy (non-hydrogen) atoms. The summed E-state index contributed by atoms with van der Waals surface area (Å²) in [6.07, 6.45) is 0. The highest BCUT2D eigenvalue weighted by atomic mass is 32.2. The summed E-state index contributed by atoms with van der Waals surface area (Å²) < 4.78 is 13.1. The Labute approximate surface area is 191 Å². The van der Waals surface area contributed by atoms with Gasteiger partial charge in [-0.25, -0.2) is 9.87 Å². The van der Waals surface area contributed by atoms with E-state index in [4.69, 9.17) is 4.84 Å². The largest absolute Gasteiger partial charge is 0.272 e. The van der Waals surface area contributed by atoms with Crippen LogP contribution in [0.5, 0.6) is 0 Å². The van der Waals surface area contributed by atoms with Gasteiger partial charge >= 0.3 is 0 Å². The number of hydrogen-bond acceptors (Lipinski definition) is 3. The third-order valence-corrected chi connectivity index (χ3v) is 6.05. The van der Waals surface area contributed by atoms with E-state index in [0.717, 1.165) is 21.6 Å². The third-order valence-electron chi connectivity index (χ3n) is 5.04. The number of benzene rings is 4. The summed E-state index contributed by atoms with van der Waals surface area (Å²) in [7, 11) is 0. The number of halogens is 1. The minimum atomic E-state index is -1.03. The quantitative estimate of drug-likeness (QED) is 0.208. The predicted octanol–water partition coefficient (Wildman–Crippen LogP) is 5.96. The molecule has 0 heterocycles. The van der Waals surface area contributed by atoms with Crippen molar-refractivity contribution < 1.29 is 14.0 Å². The number of nitrogens with one attached hydrogen (secondary N) is 1. The molecule has 160 valence electrons. The van der Waals surface area contributed by atoms with Crippen LogP contribution in [0, 0.1) is 5.82 Å². The maximum absolute atomic E-state index is 13.1. The molecule has 0 aliphatic heterocycles. The molecule has 0 aliphatic carbocycles. The van der Waals surface area contributed by atoms with Gasteiger partial charge in [0, 0.05) is 4.90 Å². The first-order valence-corrected chi connectivity index (χ1v) is 11.2. The lowest BCUT2D eigenvalue weighted by Crippen LogP contribution is -2.41. The highest BCUT2D eigenvalue weighted by Crippen LogP contribution is 2.39. The zero-order chi connectivity index (χ0) is 22.2. The lowest BCUT2D eigenvalue weighted by Gasteiger charge is -2.35. The predicted molar refractivity (Wildman–Crippen MR) is 126 cm³/mol. The van der Waals surface area contributed by atoms with Crippen molar-refractivity contribution in [3.05, 3.63) is 138 Å². The summed E-state index contributed by atoms with van der Waals surface area (Å²) in [6, 6.07) is 35.5. The molecule has 1 amide bonds. The average Bonchev–Trinajstić information content (AvgIpc) is 2.86. The molecule has 0 atom stereocenters. The molecule has 4 rings (SSSR count). The molecule has 0 bridgehead atoms. The second kappa shape index (κ2) is 10.3. The van der Waals surface area contributed by atoms with Gasteiger partial charge in [0.05, 0.1) is 5.75 Å². The van der Waals surface area contributed by atoms with Crippen molar-refractivity contribution in [2.45, 2.75) is 10.5 Å². The van der Waals surface area contributed by atoms with Gasteiger partial charge in [0.1, 0.15) is 5.82 Å². The Hall–Kier alpha value is -3.41. The van der Waals surface area contributed by atoms with Crippen molar-refractivity contribution in [1.29, 1.82) is 0 Å². The molecule has 4 aromatic carbocycles. The van der Waals surface area contributed by atoms with Crippen molar-refractivity contribution in [2.24, 2.45) is 0 Å². The highest BCUT2D eigenvalue weighted by Gasteiger charge is 2.39. The van der Waals surface area contributed by atoms with Crippen LogP contribution in [0.25, 0.3) is 0 Å². The van der Waals surface area contributed by atoms with E-state index in [9.17, 15) is 9.18 Å². The lowest BCUT2D eigenvalue weighted by molar-refractivity contribution is -0.140. The summed E-state index contributed by atoms with van der Waals surface area (Å²) in [4.78, 5) is 19.8. The molecule has 0 unspecified atom stereocenters. The Bertz CT molecular complexity index is 1040. The standard InChI is InChI=1S/C27H22FNO2S/c28-24-16-18-25(19-17-24)32-20-26(30)29-31-27(21-10-4-1-5-11-21,22-12-6-2-7-13-22)23-14-8-3-9-15-23/h1-19H,20H2,(H,29,30). The molecule has 0 spiro atoms. The van der Waals surface area contributed by atoms with E-state index in [0.29, 0.717) is 0 Å². The monoisotopic (exact) mass is 443 g/mol. The van der Waals surface area contributed by atoms with Gasteiger partial charge in [-0.2, -0.15) is 0 Å². The van der Waals surface area contributed by atoms with Crippen molar-refractivity contribution in [3.63, 3.8) is 0 Å². The van der Waals surface area contributed by atoms with E-state index in [-0.39, 0.29) is 17.5 Å². The lowest BCUT2D eigenvalue weighted by atomic mass is 9.80. The smallest absolute Gasteiger partial charge is 0.253 e. The Morgan fingerprint density at radius 3 is 1.59 bits per heavy atom. The van der Waals surface area contributed by atoms with Gasteiger partial charge in [-0.05, 0) is 41.0 Å². The summed E-state index contributed by atoms with van der Waals surface area (Å²) in [6.45, 7) is 0. The van der Waals surface area contributed by atoms with Crippen LogP contribution in [-0.4, -0.2) is 11.7 Å². The van der Waals surface area contributed by atoms with E-state index < -0.39 is 5.60 Å². The van der Waals surface area contributed by atoms with Crippen molar-refractivity contribution >= 4 is 17.7 Å². The number of carbonyl (C=O) groups is 1. The van der Waals surface area contributed by atoms with Crippen LogP contribution in [0.4, 0.5) is 4.39 Å². The van der Waals surface area contributed by atoms with E-state index in [1.807, 2.05) is 91.0 Å². The molecule has 5 heteroatoms. The van der Waals surface area contributed by atoms with Gasteiger partial charge in [-0.15, -0.1) is 11.8 Å². The van der Waals surface area contributed by atoms with Gasteiger partial charge in [0.15, 0.2) is 5.60 Å². The van der Waals surface area contributed by atoms with Crippen LogP contribution in [0.3, 0.4) is 0 Å². The minimum Gasteiger partial charge on any atom is -0.272 e. The first kappa shape index (κ1) is 21.8. The SMILES string of the molecule is O=C(CSc1ccc(F)cc1)NOC(c1ccccc1)(c1ccccc1)c1ccccc1. The molecule has 0 radical (unpaired) electrons. The summed E-state index contributed by atoms with van der Waals surface area (Å²) in [5.41, 5.74) is 4.32. The molecule has 0 aromatic heterocycles. The van der Waals surface area contributed by atoms with E-state index >= 15 is 0 Å². The van der Waals surface area contributed by atoms with Gasteiger partial charge in [0.25, 0.3) is 5.91 Å². The average molecular weight is 444 g/mol. The highest BCUT2D eigenvalue weighted by molar-refractivity contribution is 8.00. The molecule has 3 nitrogen and oxygen atoms in total. The van der Waals surface area contributed by atoms with Gasteiger partial charge in [-0.3, -0.25) is 9.63 Å². The fourth-order valence-electron chi connectivity index (χ4n) is 3.54. The van der Waals surface area contributed by atoms with Crippen molar-refractivity contribution in [1.82, 2.24) is 5.48 Å². The summed E-state index contributed by atoms with van der Waals surface area (Å²) >= 11 is 1.32. The Balaban J connectivity index is 1.63. The number of amides is 1. The maximum atomic E-state index is 13.1. The van der Waals surface area contributed by atoms with Crippen LogP contribution in [0.15, 0.2) is 120 Å². The molecular formula is C27H22FNO2S. The first-order valence-electron chi connectivity index (χ1n) is 10.2. The van der Waals surface area contributed by atoms with Gasteiger partial charge in [0.2, 0.25) is 0 Å².